The van der Waals surface area contributed by atoms with Gasteiger partial charge in [0.2, 0.25) is 5.91 Å². The van der Waals surface area contributed by atoms with Crippen LogP contribution in [0.2, 0.25) is 0 Å². The molecule has 1 aliphatic carbocycles. The standard InChI is InChI=1S/C21H27N3O3/c1-14-10-15(2)12-16(11-14)24-19-7-4-6-18(17(19)13-22-24)23-20(25)8-5-9-21(26)27-3/h10-13,18H,4-9H2,1-3H3,(H,23,25)/t18-/m0/s1. The average Bonchev–Trinajstić information content (AvgIpc) is 3.06. The number of rotatable bonds is 6. The number of nitrogens with zero attached hydrogens (tertiary/aromatic N) is 2. The first-order valence-electron chi connectivity index (χ1n) is 9.49. The van der Waals surface area contributed by atoms with E-state index < -0.39 is 0 Å². The lowest BCUT2D eigenvalue weighted by Crippen LogP contribution is -2.30. The van der Waals surface area contributed by atoms with Gasteiger partial charge in [0.1, 0.15) is 0 Å². The fourth-order valence-corrected chi connectivity index (χ4v) is 3.76. The van der Waals surface area contributed by atoms with E-state index >= 15 is 0 Å². The van der Waals surface area contributed by atoms with Crippen LogP contribution in [-0.2, 0) is 20.7 Å². The molecular weight excluding hydrogens is 342 g/mol. The van der Waals surface area contributed by atoms with E-state index in [0.29, 0.717) is 12.8 Å². The summed E-state index contributed by atoms with van der Waals surface area (Å²) in [5.41, 5.74) is 5.76. The van der Waals surface area contributed by atoms with Crippen LogP contribution in [-0.4, -0.2) is 28.8 Å². The van der Waals surface area contributed by atoms with Gasteiger partial charge < -0.3 is 10.1 Å². The number of methoxy groups -OCH3 is 1. The van der Waals surface area contributed by atoms with Crippen molar-refractivity contribution in [3.8, 4) is 5.69 Å². The number of aryl methyl sites for hydroxylation is 2. The highest BCUT2D eigenvalue weighted by molar-refractivity contribution is 5.77. The van der Waals surface area contributed by atoms with Crippen LogP contribution in [0.1, 0.15) is 60.5 Å². The van der Waals surface area contributed by atoms with Crippen molar-refractivity contribution in [3.05, 3.63) is 46.8 Å². The molecule has 0 radical (unpaired) electrons. The first-order valence-corrected chi connectivity index (χ1v) is 9.49. The van der Waals surface area contributed by atoms with E-state index in [9.17, 15) is 9.59 Å². The Kier molecular flexibility index (Phi) is 5.94. The number of hydrogen-bond donors (Lipinski definition) is 1. The summed E-state index contributed by atoms with van der Waals surface area (Å²) in [4.78, 5) is 23.4. The molecule has 0 saturated heterocycles. The average molecular weight is 369 g/mol. The van der Waals surface area contributed by atoms with Gasteiger partial charge >= 0.3 is 5.97 Å². The molecule has 1 amide bonds. The lowest BCUT2D eigenvalue weighted by Gasteiger charge is -2.24. The molecule has 0 aliphatic heterocycles. The smallest absolute Gasteiger partial charge is 0.305 e. The Bertz CT molecular complexity index is 821. The highest BCUT2D eigenvalue weighted by Gasteiger charge is 2.26. The third kappa shape index (κ3) is 4.56. The zero-order chi connectivity index (χ0) is 19.4. The minimum absolute atomic E-state index is 0.0148. The second-order valence-electron chi connectivity index (χ2n) is 7.25. The van der Waals surface area contributed by atoms with E-state index in [1.54, 1.807) is 0 Å². The quantitative estimate of drug-likeness (QED) is 0.793. The molecule has 1 atom stereocenters. The maximum absolute atomic E-state index is 12.3. The van der Waals surface area contributed by atoms with Crippen LogP contribution in [0.4, 0.5) is 0 Å². The van der Waals surface area contributed by atoms with Crippen LogP contribution in [0.3, 0.4) is 0 Å². The Hall–Kier alpha value is -2.63. The number of benzene rings is 1. The largest absolute Gasteiger partial charge is 0.469 e. The normalized spacial score (nSPS) is 15.9. The maximum Gasteiger partial charge on any atom is 0.305 e. The summed E-state index contributed by atoms with van der Waals surface area (Å²) in [6.45, 7) is 4.17. The van der Waals surface area contributed by atoms with Crippen molar-refractivity contribution in [2.24, 2.45) is 0 Å². The van der Waals surface area contributed by atoms with Gasteiger partial charge in [-0.15, -0.1) is 0 Å². The molecule has 3 rings (SSSR count). The van der Waals surface area contributed by atoms with Crippen LogP contribution in [0.25, 0.3) is 5.69 Å². The Morgan fingerprint density at radius 1 is 1.22 bits per heavy atom. The Labute approximate surface area is 159 Å². The number of amides is 1. The second-order valence-corrected chi connectivity index (χ2v) is 7.25. The van der Waals surface area contributed by atoms with Crippen molar-refractivity contribution in [2.45, 2.75) is 58.4 Å². The predicted octanol–water partition coefficient (Wildman–Crippen LogP) is 3.33. The topological polar surface area (TPSA) is 73.2 Å². The molecule has 0 saturated carbocycles. The van der Waals surface area contributed by atoms with E-state index in [0.717, 1.165) is 30.5 Å². The minimum Gasteiger partial charge on any atom is -0.469 e. The van der Waals surface area contributed by atoms with E-state index in [1.165, 1.54) is 23.9 Å². The van der Waals surface area contributed by atoms with Gasteiger partial charge in [0.05, 0.1) is 25.0 Å². The number of carbonyl (C=O) groups is 2. The van der Waals surface area contributed by atoms with Crippen molar-refractivity contribution in [3.63, 3.8) is 0 Å². The molecule has 6 heteroatoms. The van der Waals surface area contributed by atoms with Crippen LogP contribution in [0.5, 0.6) is 0 Å². The van der Waals surface area contributed by atoms with E-state index in [4.69, 9.17) is 0 Å². The van der Waals surface area contributed by atoms with Crippen LogP contribution in [0, 0.1) is 13.8 Å². The summed E-state index contributed by atoms with van der Waals surface area (Å²) in [6.07, 6.45) is 5.85. The van der Waals surface area contributed by atoms with Gasteiger partial charge in [-0.3, -0.25) is 9.59 Å². The monoisotopic (exact) mass is 369 g/mol. The van der Waals surface area contributed by atoms with Crippen LogP contribution >= 0.6 is 0 Å². The summed E-state index contributed by atoms with van der Waals surface area (Å²) >= 11 is 0. The summed E-state index contributed by atoms with van der Waals surface area (Å²) < 4.78 is 6.61. The lowest BCUT2D eigenvalue weighted by atomic mass is 9.92. The van der Waals surface area contributed by atoms with E-state index in [2.05, 4.69) is 47.2 Å². The fraction of sp³-hybridized carbons (Fsp3) is 0.476. The van der Waals surface area contributed by atoms with Gasteiger partial charge in [0.15, 0.2) is 0 Å². The lowest BCUT2D eigenvalue weighted by molar-refractivity contribution is -0.140. The van der Waals surface area contributed by atoms with Crippen LogP contribution < -0.4 is 5.32 Å². The number of esters is 1. The van der Waals surface area contributed by atoms with Gasteiger partial charge in [-0.05, 0) is 62.8 Å². The van der Waals surface area contributed by atoms with Crippen molar-refractivity contribution < 1.29 is 14.3 Å². The van der Waals surface area contributed by atoms with Crippen LogP contribution in [0.15, 0.2) is 24.4 Å². The fourth-order valence-electron chi connectivity index (χ4n) is 3.76. The first-order chi connectivity index (χ1) is 13.0. The zero-order valence-electron chi connectivity index (χ0n) is 16.2. The molecule has 0 bridgehead atoms. The molecule has 1 N–H and O–H groups in total. The number of carbonyl (C=O) groups excluding carboxylic acids is 2. The molecule has 1 aliphatic rings. The zero-order valence-corrected chi connectivity index (χ0v) is 16.2. The van der Waals surface area contributed by atoms with Crippen molar-refractivity contribution in [2.75, 3.05) is 7.11 Å². The van der Waals surface area contributed by atoms with Gasteiger partial charge in [0, 0.05) is 24.1 Å². The number of nitrogens with one attached hydrogen (secondary N) is 1. The molecule has 6 nitrogen and oxygen atoms in total. The maximum atomic E-state index is 12.3. The molecular formula is C21H27N3O3. The number of hydrogen-bond acceptors (Lipinski definition) is 4. The van der Waals surface area contributed by atoms with Gasteiger partial charge in [-0.25, -0.2) is 4.68 Å². The SMILES string of the molecule is COC(=O)CCCC(=O)N[C@H]1CCCc2c1cnn2-c1cc(C)cc(C)c1. The molecule has 1 heterocycles. The molecule has 1 aromatic carbocycles. The number of ether oxygens (including phenoxy) is 1. The van der Waals surface area contributed by atoms with Gasteiger partial charge in [0.25, 0.3) is 0 Å². The molecule has 0 unspecified atom stereocenters. The highest BCUT2D eigenvalue weighted by atomic mass is 16.5. The van der Waals surface area contributed by atoms with Crippen molar-refractivity contribution in [1.82, 2.24) is 15.1 Å². The molecule has 0 spiro atoms. The predicted molar refractivity (Wildman–Crippen MR) is 103 cm³/mol. The van der Waals surface area contributed by atoms with E-state index in [1.807, 2.05) is 10.9 Å². The molecule has 144 valence electrons. The highest BCUT2D eigenvalue weighted by Crippen LogP contribution is 2.31. The molecule has 2 aromatic rings. The minimum atomic E-state index is -0.280. The van der Waals surface area contributed by atoms with Gasteiger partial charge in [-0.1, -0.05) is 6.07 Å². The number of fused-ring (bicyclic) bond motifs is 1. The Morgan fingerprint density at radius 2 is 1.96 bits per heavy atom. The second kappa shape index (κ2) is 8.37. The van der Waals surface area contributed by atoms with Crippen molar-refractivity contribution >= 4 is 11.9 Å². The molecule has 1 aromatic heterocycles. The summed E-state index contributed by atoms with van der Waals surface area (Å²) in [5, 5.41) is 7.72. The van der Waals surface area contributed by atoms with Gasteiger partial charge in [-0.2, -0.15) is 5.10 Å². The summed E-state index contributed by atoms with van der Waals surface area (Å²) in [7, 11) is 1.36. The van der Waals surface area contributed by atoms with E-state index in [-0.39, 0.29) is 24.3 Å². The first kappa shape index (κ1) is 19.1. The molecule has 0 fully saturated rings. The number of aromatic nitrogens is 2. The van der Waals surface area contributed by atoms with Crippen molar-refractivity contribution in [1.29, 1.82) is 0 Å². The third-order valence-electron chi connectivity index (χ3n) is 4.98. The summed E-state index contributed by atoms with van der Waals surface area (Å²) in [6, 6.07) is 6.40. The molecule has 27 heavy (non-hydrogen) atoms. The Balaban J connectivity index is 1.71. The Morgan fingerprint density at radius 3 is 2.67 bits per heavy atom. The third-order valence-corrected chi connectivity index (χ3v) is 4.98. The summed E-state index contributed by atoms with van der Waals surface area (Å²) in [5.74, 6) is -0.312.